The molecule has 1 fully saturated rings. The Bertz CT molecular complexity index is 148. The zero-order valence-corrected chi connectivity index (χ0v) is 9.42. The lowest BCUT2D eigenvalue weighted by atomic mass is 9.88. The maximum atomic E-state index is 5.88. The van der Waals surface area contributed by atoms with Gasteiger partial charge in [0.25, 0.3) is 0 Å². The molecule has 14 heavy (non-hydrogen) atoms. The van der Waals surface area contributed by atoms with E-state index in [9.17, 15) is 0 Å². The Kier molecular flexibility index (Phi) is 4.85. The van der Waals surface area contributed by atoms with Crippen LogP contribution < -0.4 is 5.73 Å². The molecule has 1 heterocycles. The molecule has 3 heteroatoms. The topological polar surface area (TPSA) is 44.5 Å². The highest BCUT2D eigenvalue weighted by Crippen LogP contribution is 2.30. The first kappa shape index (κ1) is 12.0. The van der Waals surface area contributed by atoms with Gasteiger partial charge >= 0.3 is 0 Å². The first-order valence-corrected chi connectivity index (χ1v) is 5.57. The second-order valence-electron chi connectivity index (χ2n) is 4.44. The van der Waals surface area contributed by atoms with Gasteiger partial charge in [0.15, 0.2) is 0 Å². The van der Waals surface area contributed by atoms with Crippen molar-refractivity contribution < 1.29 is 9.47 Å². The second-order valence-corrected chi connectivity index (χ2v) is 4.44. The van der Waals surface area contributed by atoms with Crippen molar-refractivity contribution >= 4 is 0 Å². The van der Waals surface area contributed by atoms with Gasteiger partial charge in [0.2, 0.25) is 0 Å². The van der Waals surface area contributed by atoms with Crippen LogP contribution >= 0.6 is 0 Å². The Balaban J connectivity index is 2.42. The van der Waals surface area contributed by atoms with Gasteiger partial charge in [-0.15, -0.1) is 0 Å². The van der Waals surface area contributed by atoms with Crippen molar-refractivity contribution in [3.63, 3.8) is 0 Å². The zero-order chi connectivity index (χ0) is 10.4. The molecule has 0 aromatic heterocycles. The standard InChI is InChI=1S/C11H23NO2/c1-10(12)5-7-11(9-13-2)6-3-4-8-14-11/h10H,3-9,12H2,1-2H3/t10-,11?/m0/s1. The number of ether oxygens (including phenoxy) is 2. The quantitative estimate of drug-likeness (QED) is 0.736. The van der Waals surface area contributed by atoms with Gasteiger partial charge in [-0.05, 0) is 39.0 Å². The zero-order valence-electron chi connectivity index (χ0n) is 9.42. The summed E-state index contributed by atoms with van der Waals surface area (Å²) >= 11 is 0. The van der Waals surface area contributed by atoms with E-state index in [1.165, 1.54) is 12.8 Å². The van der Waals surface area contributed by atoms with E-state index in [1.54, 1.807) is 7.11 Å². The molecule has 0 radical (unpaired) electrons. The first-order chi connectivity index (χ1) is 6.68. The van der Waals surface area contributed by atoms with Gasteiger partial charge in [-0.25, -0.2) is 0 Å². The van der Waals surface area contributed by atoms with E-state index in [4.69, 9.17) is 15.2 Å². The highest BCUT2D eigenvalue weighted by molar-refractivity contribution is 4.84. The number of rotatable bonds is 5. The fourth-order valence-corrected chi connectivity index (χ4v) is 2.05. The van der Waals surface area contributed by atoms with E-state index in [-0.39, 0.29) is 11.6 Å². The molecule has 0 amide bonds. The largest absolute Gasteiger partial charge is 0.382 e. The Hall–Kier alpha value is -0.120. The Morgan fingerprint density at radius 3 is 2.79 bits per heavy atom. The minimum absolute atomic E-state index is 0.0410. The van der Waals surface area contributed by atoms with Crippen molar-refractivity contribution in [1.29, 1.82) is 0 Å². The fourth-order valence-electron chi connectivity index (χ4n) is 2.05. The summed E-state index contributed by atoms with van der Waals surface area (Å²) in [5, 5.41) is 0. The molecule has 1 unspecified atom stereocenters. The molecule has 0 bridgehead atoms. The SMILES string of the molecule is COCC1(CC[C@H](C)N)CCCCO1. The predicted molar refractivity (Wildman–Crippen MR) is 57.3 cm³/mol. The molecule has 2 N–H and O–H groups in total. The van der Waals surface area contributed by atoms with Gasteiger partial charge in [-0.3, -0.25) is 0 Å². The van der Waals surface area contributed by atoms with Gasteiger partial charge in [-0.2, -0.15) is 0 Å². The van der Waals surface area contributed by atoms with Crippen LogP contribution in [-0.2, 0) is 9.47 Å². The Morgan fingerprint density at radius 1 is 1.50 bits per heavy atom. The van der Waals surface area contributed by atoms with Crippen LogP contribution in [0.3, 0.4) is 0 Å². The van der Waals surface area contributed by atoms with Crippen molar-refractivity contribution in [3.05, 3.63) is 0 Å². The Morgan fingerprint density at radius 2 is 2.29 bits per heavy atom. The highest BCUT2D eigenvalue weighted by atomic mass is 16.5. The maximum absolute atomic E-state index is 5.88. The summed E-state index contributed by atoms with van der Waals surface area (Å²) < 4.78 is 11.1. The van der Waals surface area contributed by atoms with E-state index in [0.717, 1.165) is 25.9 Å². The number of hydrogen-bond acceptors (Lipinski definition) is 3. The predicted octanol–water partition coefficient (Wildman–Crippen LogP) is 1.70. The van der Waals surface area contributed by atoms with Crippen LogP contribution in [0.25, 0.3) is 0 Å². The van der Waals surface area contributed by atoms with Crippen molar-refractivity contribution in [3.8, 4) is 0 Å². The van der Waals surface area contributed by atoms with Crippen LogP contribution in [0, 0.1) is 0 Å². The lowest BCUT2D eigenvalue weighted by Crippen LogP contribution is -2.41. The molecule has 3 nitrogen and oxygen atoms in total. The van der Waals surface area contributed by atoms with Gasteiger partial charge in [0.05, 0.1) is 12.2 Å². The average Bonchev–Trinajstić information content (AvgIpc) is 2.17. The summed E-state index contributed by atoms with van der Waals surface area (Å²) in [6.07, 6.45) is 5.60. The molecule has 1 saturated heterocycles. The molecule has 84 valence electrons. The number of nitrogens with two attached hydrogens (primary N) is 1. The van der Waals surface area contributed by atoms with Gasteiger partial charge < -0.3 is 15.2 Å². The summed E-state index contributed by atoms with van der Waals surface area (Å²) in [6.45, 7) is 3.63. The third-order valence-corrected chi connectivity index (χ3v) is 2.90. The molecular formula is C11H23NO2. The monoisotopic (exact) mass is 201 g/mol. The summed E-state index contributed by atoms with van der Waals surface area (Å²) in [5.41, 5.74) is 5.73. The molecule has 0 aliphatic carbocycles. The Labute approximate surface area is 86.9 Å². The molecule has 1 rings (SSSR count). The normalized spacial score (nSPS) is 30.2. The van der Waals surface area contributed by atoms with E-state index >= 15 is 0 Å². The number of hydrogen-bond donors (Lipinski definition) is 1. The van der Waals surface area contributed by atoms with Crippen LogP contribution in [0.1, 0.15) is 39.0 Å². The molecule has 0 aromatic carbocycles. The van der Waals surface area contributed by atoms with Crippen molar-refractivity contribution in [2.75, 3.05) is 20.3 Å². The summed E-state index contributed by atoms with van der Waals surface area (Å²) in [6, 6.07) is 0.259. The van der Waals surface area contributed by atoms with Crippen molar-refractivity contribution in [2.24, 2.45) is 5.73 Å². The summed E-state index contributed by atoms with van der Waals surface area (Å²) in [5.74, 6) is 0. The van der Waals surface area contributed by atoms with E-state index in [1.807, 2.05) is 6.92 Å². The van der Waals surface area contributed by atoms with E-state index in [0.29, 0.717) is 6.61 Å². The first-order valence-electron chi connectivity index (χ1n) is 5.57. The molecule has 1 aliphatic heterocycles. The molecule has 0 spiro atoms. The highest BCUT2D eigenvalue weighted by Gasteiger charge is 2.32. The third-order valence-electron chi connectivity index (χ3n) is 2.90. The lowest BCUT2D eigenvalue weighted by molar-refractivity contribution is -0.121. The minimum Gasteiger partial charge on any atom is -0.382 e. The summed E-state index contributed by atoms with van der Waals surface area (Å²) in [7, 11) is 1.74. The molecule has 1 aliphatic rings. The third kappa shape index (κ3) is 3.56. The maximum Gasteiger partial charge on any atom is 0.0915 e. The molecule has 2 atom stereocenters. The van der Waals surface area contributed by atoms with Crippen molar-refractivity contribution in [1.82, 2.24) is 0 Å². The summed E-state index contributed by atoms with van der Waals surface area (Å²) in [4.78, 5) is 0. The average molecular weight is 201 g/mol. The minimum atomic E-state index is -0.0410. The van der Waals surface area contributed by atoms with Crippen LogP contribution in [0.4, 0.5) is 0 Å². The number of methoxy groups -OCH3 is 1. The van der Waals surface area contributed by atoms with Gasteiger partial charge in [0, 0.05) is 19.8 Å². The lowest BCUT2D eigenvalue weighted by Gasteiger charge is -2.37. The van der Waals surface area contributed by atoms with Gasteiger partial charge in [-0.1, -0.05) is 0 Å². The van der Waals surface area contributed by atoms with Gasteiger partial charge in [0.1, 0.15) is 0 Å². The second kappa shape index (κ2) is 5.69. The van der Waals surface area contributed by atoms with E-state index in [2.05, 4.69) is 0 Å². The molecule has 0 aromatic rings. The van der Waals surface area contributed by atoms with Crippen molar-refractivity contribution in [2.45, 2.75) is 50.7 Å². The van der Waals surface area contributed by atoms with E-state index < -0.39 is 0 Å². The van der Waals surface area contributed by atoms with Crippen LogP contribution in [0.2, 0.25) is 0 Å². The smallest absolute Gasteiger partial charge is 0.0915 e. The fraction of sp³-hybridized carbons (Fsp3) is 1.00. The molecular weight excluding hydrogens is 178 g/mol. The van der Waals surface area contributed by atoms with Crippen LogP contribution in [0.5, 0.6) is 0 Å². The van der Waals surface area contributed by atoms with Crippen LogP contribution in [0.15, 0.2) is 0 Å². The molecule has 0 saturated carbocycles. The van der Waals surface area contributed by atoms with Crippen LogP contribution in [-0.4, -0.2) is 32.0 Å².